The number of carbonyl (C=O) groups excluding carboxylic acids is 1. The number of carbonyl (C=O) groups is 1. The van der Waals surface area contributed by atoms with Gasteiger partial charge in [-0.2, -0.15) is 0 Å². The Morgan fingerprint density at radius 1 is 1.16 bits per heavy atom. The van der Waals surface area contributed by atoms with Crippen LogP contribution in [0.5, 0.6) is 0 Å². The van der Waals surface area contributed by atoms with Crippen LogP contribution in [-0.4, -0.2) is 29.8 Å². The van der Waals surface area contributed by atoms with Crippen LogP contribution in [0.15, 0.2) is 0 Å². The van der Waals surface area contributed by atoms with Crippen molar-refractivity contribution in [2.75, 3.05) is 13.1 Å². The molecule has 3 unspecified atom stereocenters. The highest BCUT2D eigenvalue weighted by Gasteiger charge is 2.34. The fraction of sp³-hybridized carbons (Fsp3) is 0.941. The van der Waals surface area contributed by atoms with Gasteiger partial charge in [0.15, 0.2) is 0 Å². The van der Waals surface area contributed by atoms with E-state index in [2.05, 4.69) is 25.7 Å². The van der Waals surface area contributed by atoms with Crippen LogP contribution in [0.2, 0.25) is 0 Å². The van der Waals surface area contributed by atoms with Crippen molar-refractivity contribution in [3.8, 4) is 0 Å². The summed E-state index contributed by atoms with van der Waals surface area (Å²) in [7, 11) is 0. The van der Waals surface area contributed by atoms with Gasteiger partial charge in [0.25, 0.3) is 0 Å². The highest BCUT2D eigenvalue weighted by Crippen LogP contribution is 2.33. The summed E-state index contributed by atoms with van der Waals surface area (Å²) in [5.74, 6) is 2.01. The quantitative estimate of drug-likeness (QED) is 0.768. The minimum atomic E-state index is 0.304. The zero-order valence-corrected chi connectivity index (χ0v) is 13.0. The molecule has 0 amide bonds. The highest BCUT2D eigenvalue weighted by molar-refractivity contribution is 5.82. The number of hydrogen-bond acceptors (Lipinski definition) is 2. The van der Waals surface area contributed by atoms with Gasteiger partial charge in [0.2, 0.25) is 0 Å². The molecule has 0 heterocycles. The predicted octanol–water partition coefficient (Wildman–Crippen LogP) is 3.89. The molecule has 2 rings (SSSR count). The Morgan fingerprint density at radius 2 is 1.84 bits per heavy atom. The summed E-state index contributed by atoms with van der Waals surface area (Å²) in [5.41, 5.74) is 0. The van der Waals surface area contributed by atoms with E-state index in [9.17, 15) is 4.79 Å². The van der Waals surface area contributed by atoms with Gasteiger partial charge in [-0.1, -0.05) is 40.0 Å². The first-order valence-corrected chi connectivity index (χ1v) is 8.38. The minimum Gasteiger partial charge on any atom is -0.300 e. The first kappa shape index (κ1) is 15.0. The first-order chi connectivity index (χ1) is 9.11. The molecule has 0 aliphatic heterocycles. The molecule has 2 heteroatoms. The van der Waals surface area contributed by atoms with Crippen LogP contribution in [0.3, 0.4) is 0 Å². The second-order valence-corrected chi connectivity index (χ2v) is 6.97. The summed E-state index contributed by atoms with van der Waals surface area (Å²) >= 11 is 0. The number of hydrogen-bond donors (Lipinski definition) is 0. The van der Waals surface area contributed by atoms with Crippen molar-refractivity contribution < 1.29 is 4.79 Å². The lowest BCUT2D eigenvalue weighted by atomic mass is 9.74. The van der Waals surface area contributed by atoms with Gasteiger partial charge in [-0.05, 0) is 37.6 Å². The van der Waals surface area contributed by atoms with Crippen molar-refractivity contribution in [2.45, 2.75) is 71.8 Å². The van der Waals surface area contributed by atoms with Crippen LogP contribution >= 0.6 is 0 Å². The third kappa shape index (κ3) is 3.81. The maximum atomic E-state index is 12.3. The van der Waals surface area contributed by atoms with E-state index in [1.807, 2.05) is 0 Å². The normalized spacial score (nSPS) is 33.9. The highest BCUT2D eigenvalue weighted by atomic mass is 16.1. The van der Waals surface area contributed by atoms with E-state index in [0.29, 0.717) is 23.5 Å². The molecule has 19 heavy (non-hydrogen) atoms. The Morgan fingerprint density at radius 3 is 2.42 bits per heavy atom. The molecule has 2 fully saturated rings. The minimum absolute atomic E-state index is 0.304. The maximum absolute atomic E-state index is 12.3. The van der Waals surface area contributed by atoms with Gasteiger partial charge in [0.05, 0.1) is 0 Å². The molecule has 0 aromatic carbocycles. The Labute approximate surface area is 118 Å². The van der Waals surface area contributed by atoms with Crippen molar-refractivity contribution in [1.82, 2.24) is 4.90 Å². The number of ketones is 1. The lowest BCUT2D eigenvalue weighted by Gasteiger charge is -2.39. The lowest BCUT2D eigenvalue weighted by molar-refractivity contribution is -0.129. The number of nitrogens with zero attached hydrogens (tertiary/aromatic N) is 1. The standard InChI is InChI=1S/C17H31NO/c1-4-18(15-8-6-5-7-9-15)12-16-14(3)10-13(2)11-17(16)19/h13-16H,4-12H2,1-3H3. The van der Waals surface area contributed by atoms with Gasteiger partial charge in [-0.3, -0.25) is 9.69 Å². The summed E-state index contributed by atoms with van der Waals surface area (Å²) in [6.45, 7) is 8.90. The Kier molecular flexibility index (Phi) is 5.44. The van der Waals surface area contributed by atoms with Gasteiger partial charge in [-0.15, -0.1) is 0 Å². The third-order valence-electron chi connectivity index (χ3n) is 5.35. The second-order valence-electron chi connectivity index (χ2n) is 6.97. The molecule has 0 aromatic heterocycles. The molecule has 0 saturated heterocycles. The summed E-state index contributed by atoms with van der Waals surface area (Å²) in [6, 6.07) is 0.748. The summed E-state index contributed by atoms with van der Waals surface area (Å²) < 4.78 is 0. The van der Waals surface area contributed by atoms with E-state index in [-0.39, 0.29) is 0 Å². The predicted molar refractivity (Wildman–Crippen MR) is 80.2 cm³/mol. The van der Waals surface area contributed by atoms with Crippen LogP contribution in [0.25, 0.3) is 0 Å². The van der Waals surface area contributed by atoms with Crippen molar-refractivity contribution in [3.05, 3.63) is 0 Å². The Hall–Kier alpha value is -0.370. The van der Waals surface area contributed by atoms with Gasteiger partial charge >= 0.3 is 0 Å². The summed E-state index contributed by atoms with van der Waals surface area (Å²) in [5, 5.41) is 0. The summed E-state index contributed by atoms with van der Waals surface area (Å²) in [6.07, 6.45) is 8.91. The van der Waals surface area contributed by atoms with Crippen molar-refractivity contribution in [3.63, 3.8) is 0 Å². The average molecular weight is 265 g/mol. The van der Waals surface area contributed by atoms with Crippen LogP contribution in [0, 0.1) is 17.8 Å². The molecule has 2 nitrogen and oxygen atoms in total. The van der Waals surface area contributed by atoms with E-state index < -0.39 is 0 Å². The van der Waals surface area contributed by atoms with Crippen LogP contribution in [0.4, 0.5) is 0 Å². The average Bonchev–Trinajstić information content (AvgIpc) is 2.39. The van der Waals surface area contributed by atoms with E-state index in [1.54, 1.807) is 0 Å². The monoisotopic (exact) mass is 265 g/mol. The molecule has 2 aliphatic carbocycles. The van der Waals surface area contributed by atoms with Crippen molar-refractivity contribution in [2.24, 2.45) is 17.8 Å². The van der Waals surface area contributed by atoms with Crippen molar-refractivity contribution >= 4 is 5.78 Å². The zero-order chi connectivity index (χ0) is 13.8. The molecule has 110 valence electrons. The molecule has 0 spiro atoms. The topological polar surface area (TPSA) is 20.3 Å². The molecular formula is C17H31NO. The first-order valence-electron chi connectivity index (χ1n) is 8.38. The molecule has 0 radical (unpaired) electrons. The van der Waals surface area contributed by atoms with Gasteiger partial charge < -0.3 is 0 Å². The zero-order valence-electron chi connectivity index (χ0n) is 13.0. The van der Waals surface area contributed by atoms with E-state index in [4.69, 9.17) is 0 Å². The van der Waals surface area contributed by atoms with Crippen molar-refractivity contribution in [1.29, 1.82) is 0 Å². The molecule has 2 saturated carbocycles. The molecule has 0 N–H and O–H groups in total. The van der Waals surface area contributed by atoms with Gasteiger partial charge in [0.1, 0.15) is 5.78 Å². The molecular weight excluding hydrogens is 234 g/mol. The van der Waals surface area contributed by atoms with E-state index in [1.165, 1.54) is 38.5 Å². The van der Waals surface area contributed by atoms with Gasteiger partial charge in [0, 0.05) is 24.9 Å². The van der Waals surface area contributed by atoms with Crippen LogP contribution in [-0.2, 0) is 4.79 Å². The second kappa shape index (κ2) is 6.88. The molecule has 0 aromatic rings. The number of Topliss-reactive ketones (excluding diaryl/α,β-unsaturated/α-hetero) is 1. The van der Waals surface area contributed by atoms with Crippen LogP contribution in [0.1, 0.15) is 65.7 Å². The smallest absolute Gasteiger partial charge is 0.137 e. The van der Waals surface area contributed by atoms with E-state index >= 15 is 0 Å². The SMILES string of the molecule is CCN(CC1C(=O)CC(C)CC1C)C1CCCCC1. The van der Waals surface area contributed by atoms with Gasteiger partial charge in [-0.25, -0.2) is 0 Å². The van der Waals surface area contributed by atoms with Crippen LogP contribution < -0.4 is 0 Å². The maximum Gasteiger partial charge on any atom is 0.137 e. The molecule has 3 atom stereocenters. The molecule has 0 bridgehead atoms. The fourth-order valence-corrected chi connectivity index (χ4v) is 4.21. The Balaban J connectivity index is 1.94. The fourth-order valence-electron chi connectivity index (χ4n) is 4.21. The van der Waals surface area contributed by atoms with E-state index in [0.717, 1.165) is 25.6 Å². The molecule has 2 aliphatic rings. The lowest BCUT2D eigenvalue weighted by Crippen LogP contribution is -2.45. The third-order valence-corrected chi connectivity index (χ3v) is 5.35. The Bertz CT molecular complexity index is 296. The largest absolute Gasteiger partial charge is 0.300 e. The number of rotatable bonds is 4. The summed E-state index contributed by atoms with van der Waals surface area (Å²) in [4.78, 5) is 14.9.